The molecule has 320 valence electrons. The highest BCUT2D eigenvalue weighted by Crippen LogP contribution is 2.51. The van der Waals surface area contributed by atoms with E-state index < -0.39 is 43.8 Å². The maximum Gasteiger partial charge on any atom is 0.137 e. The van der Waals surface area contributed by atoms with Gasteiger partial charge in [0.05, 0.1) is 32.2 Å². The largest absolute Gasteiger partial charge is 0.457 e. The van der Waals surface area contributed by atoms with Crippen LogP contribution in [0.5, 0.6) is 23.0 Å². The molecule has 0 N–H and O–H groups in total. The van der Waals surface area contributed by atoms with E-state index in [9.17, 15) is 5.48 Å². The molecule has 4 aliphatic rings. The summed E-state index contributed by atoms with van der Waals surface area (Å²) in [4.78, 5) is 9.27. The maximum absolute atomic E-state index is 9.45. The van der Waals surface area contributed by atoms with E-state index in [1.165, 1.54) is 16.8 Å². The number of para-hydroxylation sites is 2. The van der Waals surface area contributed by atoms with E-state index in [4.69, 9.17) is 24.1 Å². The van der Waals surface area contributed by atoms with Crippen molar-refractivity contribution < 1.29 is 24.6 Å². The van der Waals surface area contributed by atoms with Gasteiger partial charge >= 0.3 is 0 Å². The first-order valence-electron chi connectivity index (χ1n) is 27.4. The van der Waals surface area contributed by atoms with E-state index in [0.29, 0.717) is 57.3 Å². The molecule has 0 unspecified atom stereocenters. The highest BCUT2D eigenvalue weighted by Gasteiger charge is 2.32. The molecule has 6 heterocycles. The summed E-state index contributed by atoms with van der Waals surface area (Å²) in [5.41, 5.74) is 7.93. The number of fused-ring (bicyclic) bond motifs is 5. The zero-order valence-corrected chi connectivity index (χ0v) is 36.1. The molecule has 0 saturated heterocycles. The Labute approximate surface area is 401 Å². The zero-order valence-electron chi connectivity index (χ0n) is 47.1. The monoisotopic (exact) mass is 867 g/mol. The Balaban J connectivity index is 1.11. The number of benzene rings is 8. The summed E-state index contributed by atoms with van der Waals surface area (Å²) in [7, 11) is 0. The van der Waals surface area contributed by atoms with Crippen molar-refractivity contribution in [3.05, 3.63) is 205 Å². The number of anilines is 4. The first-order valence-corrected chi connectivity index (χ1v) is 21.9. The normalized spacial score (nSPS) is 15.9. The number of aromatic nitrogens is 2. The third kappa shape index (κ3) is 6.93. The van der Waals surface area contributed by atoms with Gasteiger partial charge < -0.3 is 19.3 Å². The van der Waals surface area contributed by atoms with Gasteiger partial charge in [-0.1, -0.05) is 98.2 Å². The molecule has 12 bridgehead atoms. The highest BCUT2D eigenvalue weighted by molar-refractivity contribution is 6.10. The number of nitrogens with zero attached hydrogens (tertiary/aromatic N) is 4. The zero-order chi connectivity index (χ0) is 53.9. The third-order valence-corrected chi connectivity index (χ3v) is 12.2. The lowest BCUT2D eigenvalue weighted by Gasteiger charge is -2.28. The van der Waals surface area contributed by atoms with E-state index in [-0.39, 0.29) is 28.2 Å². The molecule has 0 saturated carbocycles. The second kappa shape index (κ2) is 15.9. The molecule has 6 nitrogen and oxygen atoms in total. The van der Waals surface area contributed by atoms with Crippen LogP contribution in [0.1, 0.15) is 45.6 Å². The topological polar surface area (TPSA) is 42.8 Å². The van der Waals surface area contributed by atoms with Crippen molar-refractivity contribution >= 4 is 44.6 Å². The quantitative estimate of drug-likeness (QED) is 0.177. The number of ether oxygens (including phenoxy) is 2. The summed E-state index contributed by atoms with van der Waals surface area (Å²) in [5.74, 6) is 1.50. The highest BCUT2D eigenvalue weighted by atomic mass is 16.5. The molecular formula is C60H48N4O2. The number of aryl methyl sites for hydroxylation is 1. The molecule has 4 aliphatic heterocycles. The smallest absolute Gasteiger partial charge is 0.137 e. The molecule has 0 atom stereocenters. The van der Waals surface area contributed by atoms with Gasteiger partial charge in [-0.25, -0.2) is 4.98 Å². The lowest BCUT2D eigenvalue weighted by molar-refractivity contribution is 0.483. The van der Waals surface area contributed by atoms with Gasteiger partial charge in [-0.3, -0.25) is 4.57 Å². The Hall–Kier alpha value is -8.09. The molecule has 0 fully saturated rings. The van der Waals surface area contributed by atoms with Crippen molar-refractivity contribution in [2.24, 2.45) is 5.92 Å². The van der Waals surface area contributed by atoms with Gasteiger partial charge in [-0.15, -0.1) is 0 Å². The first kappa shape index (κ1) is 29.4. The number of rotatable bonds is 3. The fourth-order valence-electron chi connectivity index (χ4n) is 9.33. The molecule has 2 aromatic heterocycles. The summed E-state index contributed by atoms with van der Waals surface area (Å²) in [6, 6.07) is 49.4. The standard InChI is InChI=1S/C60H48N4O2/c1-38(2)28-41-31-51(42-12-6-5-7-13-42)60-52(32-41)44-14-10-16-47(33-44)65-46-23-21-43(22-24-46)54-36-61-59(30-40(54)4)64-55-27-20-39(3)29-53(55)50-26-25-49(35-58(50)64)66-48-17-11-15-45(34-48)62-37-63(60)57-19-9-8-18-56(57)62/h5-27,29-36,38H,28,37H2,1-4H3/i3D3,4D3,20D,27D,28D2,29D. The minimum atomic E-state index is -2.88. The first-order chi connectivity index (χ1) is 36.8. The summed E-state index contributed by atoms with van der Waals surface area (Å²) in [6.45, 7) is -1.43. The lowest BCUT2D eigenvalue weighted by atomic mass is 9.90. The number of hydrogen-bond donors (Lipinski definition) is 0. The van der Waals surface area contributed by atoms with Gasteiger partial charge in [0, 0.05) is 62.4 Å². The minimum absolute atomic E-state index is 0.0194. The Morgan fingerprint density at radius 3 is 2.11 bits per heavy atom. The summed E-state index contributed by atoms with van der Waals surface area (Å²) in [6.07, 6.45) is -0.263. The van der Waals surface area contributed by atoms with Gasteiger partial charge in [0.15, 0.2) is 0 Å². The molecule has 0 aliphatic carbocycles. The van der Waals surface area contributed by atoms with Gasteiger partial charge in [-0.2, -0.15) is 0 Å². The molecule has 66 heavy (non-hydrogen) atoms. The van der Waals surface area contributed by atoms with E-state index in [1.54, 1.807) is 42.5 Å². The van der Waals surface area contributed by atoms with Gasteiger partial charge in [-0.05, 0) is 145 Å². The number of hydrogen-bond acceptors (Lipinski definition) is 5. The summed E-state index contributed by atoms with van der Waals surface area (Å²) < 4.78 is 112. The van der Waals surface area contributed by atoms with E-state index in [2.05, 4.69) is 21.9 Å². The van der Waals surface area contributed by atoms with Crippen molar-refractivity contribution in [2.75, 3.05) is 16.5 Å². The van der Waals surface area contributed by atoms with Crippen molar-refractivity contribution in [1.82, 2.24) is 9.55 Å². The maximum atomic E-state index is 9.45. The Morgan fingerprint density at radius 2 is 1.30 bits per heavy atom. The van der Waals surface area contributed by atoms with Gasteiger partial charge in [0.2, 0.25) is 0 Å². The molecule has 0 radical (unpaired) electrons. The average molecular weight is 868 g/mol. The van der Waals surface area contributed by atoms with E-state index in [0.717, 1.165) is 45.0 Å². The minimum Gasteiger partial charge on any atom is -0.457 e. The van der Waals surface area contributed by atoms with Crippen molar-refractivity contribution in [2.45, 2.75) is 33.9 Å². The van der Waals surface area contributed by atoms with E-state index >= 15 is 0 Å². The van der Waals surface area contributed by atoms with Gasteiger partial charge in [0.1, 0.15) is 35.5 Å². The van der Waals surface area contributed by atoms with Crippen LogP contribution in [0.2, 0.25) is 0 Å². The second-order valence-electron chi connectivity index (χ2n) is 16.9. The van der Waals surface area contributed by atoms with Crippen LogP contribution in [0.25, 0.3) is 61.0 Å². The molecule has 6 heteroatoms. The Bertz CT molecular complexity index is 4000. The average Bonchev–Trinajstić information content (AvgIpc) is 4.15. The van der Waals surface area contributed by atoms with Crippen LogP contribution in [-0.2, 0) is 6.37 Å². The van der Waals surface area contributed by atoms with Crippen LogP contribution in [0.4, 0.5) is 22.7 Å². The number of pyridine rings is 1. The third-order valence-electron chi connectivity index (χ3n) is 12.2. The van der Waals surface area contributed by atoms with Crippen LogP contribution in [-0.4, -0.2) is 16.2 Å². The molecule has 0 amide bonds. The van der Waals surface area contributed by atoms with Crippen LogP contribution >= 0.6 is 0 Å². The fraction of sp³-hybridized carbons (Fsp3) is 0.117. The van der Waals surface area contributed by atoms with Crippen molar-refractivity contribution in [1.29, 1.82) is 0 Å². The van der Waals surface area contributed by atoms with Gasteiger partial charge in [0.25, 0.3) is 0 Å². The van der Waals surface area contributed by atoms with Crippen LogP contribution in [0, 0.1) is 19.6 Å². The summed E-state index contributed by atoms with van der Waals surface area (Å²) >= 11 is 0. The molecule has 14 rings (SSSR count). The van der Waals surface area contributed by atoms with Crippen LogP contribution in [0.15, 0.2) is 188 Å². The van der Waals surface area contributed by atoms with Crippen molar-refractivity contribution in [3.63, 3.8) is 0 Å². The Kier molecular flexibility index (Phi) is 7.06. The second-order valence-corrected chi connectivity index (χ2v) is 16.9. The summed E-state index contributed by atoms with van der Waals surface area (Å²) in [5, 5.41) is 0.473. The van der Waals surface area contributed by atoms with Crippen molar-refractivity contribution in [3.8, 4) is 62.2 Å². The molecule has 8 aromatic carbocycles. The Morgan fingerprint density at radius 1 is 0.606 bits per heavy atom. The predicted octanol–water partition coefficient (Wildman–Crippen LogP) is 16.1. The van der Waals surface area contributed by atoms with Crippen LogP contribution < -0.4 is 19.3 Å². The molecular weight excluding hydrogens is 809 g/mol. The SMILES string of the molecule is [2H]c1c(C([2H])([2H])[2H])c([2H])c2c3ccc4cc3n(c2c1[2H])-c1cc(C([2H])([2H])[2H])c(cn1)-c1ccc(cc1)Oc1cccc(c1)-c1cc(C([2H])([2H])C(C)C)cc(-c2ccccc2)c1N1CN(c2cccc(c2)O4)c2ccccc21. The fourth-order valence-corrected chi connectivity index (χ4v) is 9.33. The predicted molar refractivity (Wildman–Crippen MR) is 272 cm³/mol. The lowest BCUT2D eigenvalue weighted by Crippen LogP contribution is -2.25. The molecule has 10 aromatic rings. The molecule has 0 spiro atoms. The van der Waals surface area contributed by atoms with E-state index in [1.807, 2.05) is 117 Å². The van der Waals surface area contributed by atoms with Crippen LogP contribution in [0.3, 0.4) is 0 Å².